The molecule has 0 aromatic carbocycles. The van der Waals surface area contributed by atoms with Crippen LogP contribution in [0.25, 0.3) is 0 Å². The second-order valence-corrected chi connectivity index (χ2v) is 2.15. The summed E-state index contributed by atoms with van der Waals surface area (Å²) in [6.45, 7) is 1.84. The van der Waals surface area contributed by atoms with Gasteiger partial charge in [-0.05, 0) is 6.92 Å². The monoisotopic (exact) mass is 110 g/mol. The predicted octanol–water partition coefficient (Wildman–Crippen LogP) is 0.539. The molecule has 0 bridgehead atoms. The van der Waals surface area contributed by atoms with Crippen molar-refractivity contribution in [2.75, 3.05) is 0 Å². The van der Waals surface area contributed by atoms with Crippen LogP contribution in [-0.4, -0.2) is 11.8 Å². The van der Waals surface area contributed by atoms with Crippen LogP contribution in [0, 0.1) is 11.3 Å². The zero-order chi connectivity index (χ0) is 6.15. The van der Waals surface area contributed by atoms with Gasteiger partial charge < -0.3 is 11.1 Å². The van der Waals surface area contributed by atoms with E-state index in [1.54, 1.807) is 0 Å². The van der Waals surface area contributed by atoms with Crippen molar-refractivity contribution in [3.63, 3.8) is 0 Å². The van der Waals surface area contributed by atoms with Crippen molar-refractivity contribution in [3.8, 4) is 0 Å². The number of allylic oxidation sites excluding steroid dienone is 2. The summed E-state index contributed by atoms with van der Waals surface area (Å²) in [5, 5.41) is 7.27. The zero-order valence-electron chi connectivity index (χ0n) is 4.89. The Hall–Kier alpha value is -0.630. The van der Waals surface area contributed by atoms with Gasteiger partial charge in [0.15, 0.2) is 0 Å². The molecule has 44 valence electrons. The molecular weight excluding hydrogens is 100 g/mol. The Bertz CT molecular complexity index is 125. The Labute approximate surface area is 48.9 Å². The molecule has 0 radical (unpaired) electrons. The van der Waals surface area contributed by atoms with Gasteiger partial charge in [-0.25, -0.2) is 0 Å². The second-order valence-electron chi connectivity index (χ2n) is 2.15. The maximum atomic E-state index is 7.27. The molecule has 8 heavy (non-hydrogen) atoms. The molecule has 0 aromatic rings. The molecule has 0 saturated heterocycles. The molecule has 3 N–H and O–H groups in total. The van der Waals surface area contributed by atoms with Crippen molar-refractivity contribution in [1.82, 2.24) is 0 Å². The third-order valence-electron chi connectivity index (χ3n) is 1.23. The molecule has 1 aliphatic carbocycles. The first kappa shape index (κ1) is 5.51. The molecule has 0 saturated carbocycles. The Morgan fingerprint density at radius 3 is 2.38 bits per heavy atom. The van der Waals surface area contributed by atoms with Crippen LogP contribution in [-0.2, 0) is 0 Å². The van der Waals surface area contributed by atoms with Crippen LogP contribution >= 0.6 is 0 Å². The van der Waals surface area contributed by atoms with Gasteiger partial charge in [-0.15, -0.1) is 0 Å². The first-order chi connectivity index (χ1) is 3.72. The summed E-state index contributed by atoms with van der Waals surface area (Å²) < 4.78 is 0. The first-order valence-corrected chi connectivity index (χ1v) is 2.74. The molecule has 1 unspecified atom stereocenters. The van der Waals surface area contributed by atoms with E-state index in [0.717, 1.165) is 0 Å². The highest BCUT2D eigenvalue weighted by Crippen LogP contribution is 2.17. The summed E-state index contributed by atoms with van der Waals surface area (Å²) in [4.78, 5) is 0. The van der Waals surface area contributed by atoms with Crippen molar-refractivity contribution >= 4 is 5.71 Å². The van der Waals surface area contributed by atoms with Gasteiger partial charge in [0.2, 0.25) is 0 Å². The first-order valence-electron chi connectivity index (χ1n) is 2.74. The van der Waals surface area contributed by atoms with Crippen molar-refractivity contribution in [1.29, 1.82) is 5.41 Å². The molecule has 0 fully saturated rings. The summed E-state index contributed by atoms with van der Waals surface area (Å²) in [6, 6.07) is -0.0741. The van der Waals surface area contributed by atoms with E-state index >= 15 is 0 Å². The predicted molar refractivity (Wildman–Crippen MR) is 34.0 cm³/mol. The highest BCUT2D eigenvalue weighted by molar-refractivity contribution is 5.94. The minimum atomic E-state index is -0.0741. The van der Waals surface area contributed by atoms with Gasteiger partial charge in [0.1, 0.15) is 0 Å². The lowest BCUT2D eigenvalue weighted by molar-refractivity contribution is 0.927. The minimum absolute atomic E-state index is 0.0741. The van der Waals surface area contributed by atoms with E-state index < -0.39 is 0 Å². The third kappa shape index (κ3) is 0.954. The maximum absolute atomic E-state index is 7.27. The molecule has 2 nitrogen and oxygen atoms in total. The van der Waals surface area contributed by atoms with Gasteiger partial charge >= 0.3 is 0 Å². The van der Waals surface area contributed by atoms with Gasteiger partial charge in [-0.3, -0.25) is 0 Å². The van der Waals surface area contributed by atoms with E-state index in [9.17, 15) is 0 Å². The van der Waals surface area contributed by atoms with Gasteiger partial charge in [-0.1, -0.05) is 12.2 Å². The van der Waals surface area contributed by atoms with Crippen molar-refractivity contribution in [2.45, 2.75) is 13.0 Å². The normalized spacial score (nSPS) is 20.8. The molecule has 1 atom stereocenters. The lowest BCUT2D eigenvalue weighted by Crippen LogP contribution is -2.27. The van der Waals surface area contributed by atoms with Crippen LogP contribution in [0.3, 0.4) is 0 Å². The fourth-order valence-electron chi connectivity index (χ4n) is 0.566. The van der Waals surface area contributed by atoms with Crippen LogP contribution in [0.4, 0.5) is 0 Å². The Balaban J connectivity index is 2.34. The topological polar surface area (TPSA) is 49.9 Å². The summed E-state index contributed by atoms with van der Waals surface area (Å²) in [5.41, 5.74) is 6.04. The lowest BCUT2D eigenvalue weighted by atomic mass is 10.1. The maximum Gasteiger partial charge on any atom is 0.0403 e. The number of nitrogens with two attached hydrogens (primary N) is 1. The number of nitrogens with one attached hydrogen (secondary N) is 1. The molecule has 0 aromatic heterocycles. The highest BCUT2D eigenvalue weighted by atomic mass is 14.7. The van der Waals surface area contributed by atoms with Gasteiger partial charge in [-0.2, -0.15) is 0 Å². The number of rotatable bonds is 2. The van der Waals surface area contributed by atoms with Crippen molar-refractivity contribution < 1.29 is 0 Å². The molecule has 1 aliphatic rings. The number of hydrogen-bond acceptors (Lipinski definition) is 2. The Morgan fingerprint density at radius 2 is 2.25 bits per heavy atom. The third-order valence-corrected chi connectivity index (χ3v) is 1.23. The number of hydrogen-bond donors (Lipinski definition) is 2. The molecular formula is C6H10N2. The average molecular weight is 110 g/mol. The van der Waals surface area contributed by atoms with E-state index in [-0.39, 0.29) is 6.04 Å². The SMILES string of the molecule is CC(N)C(=N)C1C=C1. The molecule has 2 heteroatoms. The van der Waals surface area contributed by atoms with Gasteiger partial charge in [0.05, 0.1) is 0 Å². The van der Waals surface area contributed by atoms with Crippen LogP contribution in [0.2, 0.25) is 0 Å². The zero-order valence-corrected chi connectivity index (χ0v) is 4.89. The molecule has 1 rings (SSSR count). The van der Waals surface area contributed by atoms with Crippen LogP contribution in [0.1, 0.15) is 6.92 Å². The van der Waals surface area contributed by atoms with Crippen LogP contribution in [0.5, 0.6) is 0 Å². The average Bonchev–Trinajstić information content (AvgIpc) is 2.43. The van der Waals surface area contributed by atoms with Gasteiger partial charge in [0.25, 0.3) is 0 Å². The summed E-state index contributed by atoms with van der Waals surface area (Å²) in [6.07, 6.45) is 3.96. The minimum Gasteiger partial charge on any atom is -0.323 e. The van der Waals surface area contributed by atoms with Crippen LogP contribution in [0.15, 0.2) is 12.2 Å². The van der Waals surface area contributed by atoms with E-state index in [1.165, 1.54) is 0 Å². The standard InChI is InChI=1S/C6H10N2/c1-4(7)6(8)5-2-3-5/h2-5,8H,7H2,1H3. The molecule has 0 aliphatic heterocycles. The van der Waals surface area contributed by atoms with Gasteiger partial charge in [0, 0.05) is 17.7 Å². The quantitative estimate of drug-likeness (QED) is 0.395. The largest absolute Gasteiger partial charge is 0.323 e. The van der Waals surface area contributed by atoms with E-state index in [1.807, 2.05) is 19.1 Å². The van der Waals surface area contributed by atoms with Crippen molar-refractivity contribution in [3.05, 3.63) is 12.2 Å². The summed E-state index contributed by atoms with van der Waals surface area (Å²) in [7, 11) is 0. The Kier molecular flexibility index (Phi) is 1.18. The Morgan fingerprint density at radius 1 is 1.75 bits per heavy atom. The molecule has 0 amide bonds. The molecule has 0 spiro atoms. The lowest BCUT2D eigenvalue weighted by Gasteiger charge is -2.03. The van der Waals surface area contributed by atoms with Crippen LogP contribution < -0.4 is 5.73 Å². The van der Waals surface area contributed by atoms with E-state index in [0.29, 0.717) is 11.6 Å². The summed E-state index contributed by atoms with van der Waals surface area (Å²) in [5.74, 6) is 0.301. The second kappa shape index (κ2) is 1.71. The fourth-order valence-corrected chi connectivity index (χ4v) is 0.566. The fraction of sp³-hybridized carbons (Fsp3) is 0.500. The van der Waals surface area contributed by atoms with E-state index in [2.05, 4.69) is 0 Å². The molecule has 0 heterocycles. The smallest absolute Gasteiger partial charge is 0.0403 e. The van der Waals surface area contributed by atoms with Crippen molar-refractivity contribution in [2.24, 2.45) is 11.7 Å². The van der Waals surface area contributed by atoms with E-state index in [4.69, 9.17) is 11.1 Å². The highest BCUT2D eigenvalue weighted by Gasteiger charge is 2.18. The summed E-state index contributed by atoms with van der Waals surface area (Å²) >= 11 is 0.